The van der Waals surface area contributed by atoms with Gasteiger partial charge in [-0.1, -0.05) is 17.2 Å². The van der Waals surface area contributed by atoms with Gasteiger partial charge in [0.05, 0.1) is 6.54 Å². The molecule has 0 saturated carbocycles. The Kier molecular flexibility index (Phi) is 2.42. The molecule has 0 radical (unpaired) electrons. The molecule has 0 amide bonds. The molecule has 72 valence electrons. The van der Waals surface area contributed by atoms with Crippen LogP contribution in [0.1, 0.15) is 0 Å². The molecule has 1 aromatic carbocycles. The average Bonchev–Trinajstić information content (AvgIpc) is 2.26. The molecule has 0 aromatic heterocycles. The van der Waals surface area contributed by atoms with E-state index in [1.54, 1.807) is 0 Å². The highest BCUT2D eigenvalue weighted by Gasteiger charge is 2.19. The monoisotopic (exact) mass is 191 g/mol. The maximum atomic E-state index is 8.15. The van der Waals surface area contributed by atoms with E-state index in [1.165, 1.54) is 0 Å². The van der Waals surface area contributed by atoms with E-state index in [1.807, 2.05) is 24.3 Å². The summed E-state index contributed by atoms with van der Waals surface area (Å²) in [7, 11) is 0. The van der Waals surface area contributed by atoms with Crippen LogP contribution in [0.4, 0.5) is 0 Å². The van der Waals surface area contributed by atoms with Gasteiger partial charge in [0.2, 0.25) is 0 Å². The summed E-state index contributed by atoms with van der Waals surface area (Å²) in [6, 6.07) is 7.44. The normalized spacial score (nSPS) is 18.4. The Morgan fingerprint density at radius 3 is 3.00 bits per heavy atom. The van der Waals surface area contributed by atoms with Gasteiger partial charge >= 0.3 is 0 Å². The summed E-state index contributed by atoms with van der Waals surface area (Å²) in [5.74, 6) is 1.45. The lowest BCUT2D eigenvalue weighted by molar-refractivity contribution is 0.0969. The van der Waals surface area contributed by atoms with E-state index in [0.717, 1.165) is 5.75 Å². The van der Waals surface area contributed by atoms with Gasteiger partial charge in [0, 0.05) is 4.91 Å². The van der Waals surface area contributed by atoms with Crippen LogP contribution in [0, 0.1) is 0 Å². The van der Waals surface area contributed by atoms with Gasteiger partial charge in [-0.15, -0.1) is 0 Å². The zero-order chi connectivity index (χ0) is 9.80. The molecule has 0 spiro atoms. The molecule has 5 nitrogen and oxygen atoms in total. The number of benzene rings is 1. The first kappa shape index (κ1) is 8.72. The van der Waals surface area contributed by atoms with Crippen LogP contribution in [0.3, 0.4) is 0 Å². The van der Waals surface area contributed by atoms with E-state index in [2.05, 4.69) is 10.0 Å². The van der Waals surface area contributed by atoms with Crippen molar-refractivity contribution in [3.8, 4) is 11.5 Å². The summed E-state index contributed by atoms with van der Waals surface area (Å²) >= 11 is 0. The summed E-state index contributed by atoms with van der Waals surface area (Å²) in [6.45, 7) is 0.723. The van der Waals surface area contributed by atoms with Crippen LogP contribution >= 0.6 is 0 Å². The number of hydrogen-bond acceptors (Lipinski definition) is 3. The van der Waals surface area contributed by atoms with Crippen LogP contribution in [-0.4, -0.2) is 19.3 Å². The minimum atomic E-state index is -0.180. The Labute approximate surface area is 80.9 Å². The SMILES string of the molecule is [N-]=[N+]=NCC1COc2ccccc2O1. The van der Waals surface area contributed by atoms with Crippen LogP contribution in [0.5, 0.6) is 11.5 Å². The van der Waals surface area contributed by atoms with Crippen molar-refractivity contribution in [1.29, 1.82) is 0 Å². The van der Waals surface area contributed by atoms with Crippen molar-refractivity contribution in [3.63, 3.8) is 0 Å². The minimum absolute atomic E-state index is 0.180. The number of rotatable bonds is 2. The molecule has 14 heavy (non-hydrogen) atoms. The van der Waals surface area contributed by atoms with Crippen molar-refractivity contribution >= 4 is 0 Å². The zero-order valence-corrected chi connectivity index (χ0v) is 7.46. The average molecular weight is 191 g/mol. The van der Waals surface area contributed by atoms with E-state index in [-0.39, 0.29) is 6.10 Å². The van der Waals surface area contributed by atoms with Gasteiger partial charge < -0.3 is 9.47 Å². The van der Waals surface area contributed by atoms with Crippen molar-refractivity contribution in [3.05, 3.63) is 34.7 Å². The minimum Gasteiger partial charge on any atom is -0.486 e. The fraction of sp³-hybridized carbons (Fsp3) is 0.333. The molecule has 0 aliphatic carbocycles. The van der Waals surface area contributed by atoms with Crippen molar-refractivity contribution in [2.75, 3.05) is 13.2 Å². The van der Waals surface area contributed by atoms with Gasteiger partial charge in [0.25, 0.3) is 0 Å². The quantitative estimate of drug-likeness (QED) is 0.408. The topological polar surface area (TPSA) is 67.2 Å². The summed E-state index contributed by atoms with van der Waals surface area (Å²) in [5.41, 5.74) is 8.15. The Hall–Kier alpha value is -1.87. The molecule has 0 N–H and O–H groups in total. The van der Waals surface area contributed by atoms with Crippen molar-refractivity contribution < 1.29 is 9.47 Å². The first-order valence-electron chi connectivity index (χ1n) is 4.29. The highest BCUT2D eigenvalue weighted by Crippen LogP contribution is 2.30. The van der Waals surface area contributed by atoms with E-state index < -0.39 is 0 Å². The predicted octanol–water partition coefficient (Wildman–Crippen LogP) is 2.14. The third-order valence-electron chi connectivity index (χ3n) is 1.92. The van der Waals surface area contributed by atoms with Gasteiger partial charge in [-0.3, -0.25) is 0 Å². The first-order valence-corrected chi connectivity index (χ1v) is 4.29. The number of fused-ring (bicyclic) bond motifs is 1. The summed E-state index contributed by atoms with van der Waals surface area (Å²) in [5, 5.41) is 3.44. The standard InChI is InChI=1S/C9H9N3O2/c10-12-11-5-7-6-13-8-3-1-2-4-9(8)14-7/h1-4,7H,5-6H2. The number of nitrogens with zero attached hydrogens (tertiary/aromatic N) is 3. The molecule has 0 saturated heterocycles. The number of para-hydroxylation sites is 2. The molecule has 1 aromatic rings. The van der Waals surface area contributed by atoms with Crippen LogP contribution in [-0.2, 0) is 0 Å². The maximum absolute atomic E-state index is 8.15. The lowest BCUT2D eigenvalue weighted by atomic mass is 10.2. The Bertz CT molecular complexity index is 374. The largest absolute Gasteiger partial charge is 0.486 e. The van der Waals surface area contributed by atoms with Crippen LogP contribution < -0.4 is 9.47 Å². The third kappa shape index (κ3) is 1.72. The van der Waals surface area contributed by atoms with Gasteiger partial charge in [-0.05, 0) is 17.7 Å². The number of hydrogen-bond donors (Lipinski definition) is 0. The van der Waals surface area contributed by atoms with Crippen molar-refractivity contribution in [2.45, 2.75) is 6.10 Å². The molecule has 5 heteroatoms. The van der Waals surface area contributed by atoms with Gasteiger partial charge in [0.15, 0.2) is 11.5 Å². The second-order valence-corrected chi connectivity index (χ2v) is 2.91. The molecular formula is C9H9N3O2. The summed E-state index contributed by atoms with van der Waals surface area (Å²) in [4.78, 5) is 2.68. The van der Waals surface area contributed by atoms with Crippen LogP contribution in [0.25, 0.3) is 10.4 Å². The lowest BCUT2D eigenvalue weighted by Crippen LogP contribution is -2.31. The molecule has 1 unspecified atom stereocenters. The lowest BCUT2D eigenvalue weighted by Gasteiger charge is -2.25. The Morgan fingerprint density at radius 2 is 2.21 bits per heavy atom. The number of ether oxygens (including phenoxy) is 2. The first-order chi connectivity index (χ1) is 6.90. The fourth-order valence-electron chi connectivity index (χ4n) is 1.28. The maximum Gasteiger partial charge on any atom is 0.161 e. The van der Waals surface area contributed by atoms with Gasteiger partial charge in [0.1, 0.15) is 12.7 Å². The molecule has 2 rings (SSSR count). The van der Waals surface area contributed by atoms with Gasteiger partial charge in [-0.2, -0.15) is 0 Å². The van der Waals surface area contributed by atoms with Crippen LogP contribution in [0.15, 0.2) is 29.4 Å². The fourth-order valence-corrected chi connectivity index (χ4v) is 1.28. The molecular weight excluding hydrogens is 182 g/mol. The van der Waals surface area contributed by atoms with E-state index in [9.17, 15) is 0 Å². The van der Waals surface area contributed by atoms with Crippen molar-refractivity contribution in [1.82, 2.24) is 0 Å². The molecule has 1 heterocycles. The highest BCUT2D eigenvalue weighted by atomic mass is 16.6. The van der Waals surface area contributed by atoms with E-state index >= 15 is 0 Å². The van der Waals surface area contributed by atoms with E-state index in [0.29, 0.717) is 18.9 Å². The van der Waals surface area contributed by atoms with Crippen LogP contribution in [0.2, 0.25) is 0 Å². The highest BCUT2D eigenvalue weighted by molar-refractivity contribution is 5.40. The smallest absolute Gasteiger partial charge is 0.161 e. The predicted molar refractivity (Wildman–Crippen MR) is 50.4 cm³/mol. The Balaban J connectivity index is 2.09. The second kappa shape index (κ2) is 3.89. The van der Waals surface area contributed by atoms with E-state index in [4.69, 9.17) is 15.0 Å². The summed E-state index contributed by atoms with van der Waals surface area (Å²) in [6.07, 6.45) is -0.180. The second-order valence-electron chi connectivity index (χ2n) is 2.91. The summed E-state index contributed by atoms with van der Waals surface area (Å²) < 4.78 is 11.0. The molecule has 0 fully saturated rings. The molecule has 1 aliphatic heterocycles. The number of azide groups is 1. The zero-order valence-electron chi connectivity index (χ0n) is 7.46. The Morgan fingerprint density at radius 1 is 1.43 bits per heavy atom. The molecule has 1 atom stereocenters. The molecule has 0 bridgehead atoms. The third-order valence-corrected chi connectivity index (χ3v) is 1.92. The molecule has 1 aliphatic rings. The van der Waals surface area contributed by atoms with Gasteiger partial charge in [-0.25, -0.2) is 0 Å². The van der Waals surface area contributed by atoms with Crippen molar-refractivity contribution in [2.24, 2.45) is 5.11 Å².